The number of benzene rings is 2. The Balaban J connectivity index is 1.85. The van der Waals surface area contributed by atoms with Crippen molar-refractivity contribution >= 4 is 28.5 Å². The minimum atomic E-state index is -3.15. The fourth-order valence-electron chi connectivity index (χ4n) is 4.11. The number of imidazole rings is 1. The molecule has 5 nitrogen and oxygen atoms in total. The fraction of sp³-hybridized carbons (Fsp3) is 0.263. The number of nitrogens with zero attached hydrogens (tertiary/aromatic N) is 3. The van der Waals surface area contributed by atoms with Crippen LogP contribution in [0, 0.1) is 5.82 Å². The number of aromatic nitrogens is 2. The van der Waals surface area contributed by atoms with E-state index in [-0.39, 0.29) is 39.7 Å². The molecule has 2 atom stereocenters. The second-order valence-corrected chi connectivity index (χ2v) is 7.04. The molecule has 9 heteroatoms. The van der Waals surface area contributed by atoms with Crippen LogP contribution in [0.15, 0.2) is 30.3 Å². The first-order valence-electron chi connectivity index (χ1n) is 9.86. The van der Waals surface area contributed by atoms with Crippen molar-refractivity contribution in [2.45, 2.75) is 25.1 Å². The summed E-state index contributed by atoms with van der Waals surface area (Å²) in [5.41, 5.74) is 0.678. The average Bonchev–Trinajstić information content (AvgIpc) is 3.14. The third-order valence-corrected chi connectivity index (χ3v) is 5.48. The van der Waals surface area contributed by atoms with Crippen LogP contribution in [-0.2, 0) is 0 Å². The van der Waals surface area contributed by atoms with Gasteiger partial charge in [0, 0.05) is 34.7 Å². The lowest BCUT2D eigenvalue weighted by atomic mass is 9.97. The normalized spacial score (nSPS) is 22.5. The summed E-state index contributed by atoms with van der Waals surface area (Å²) >= 11 is 5.95. The number of fused-ring (bicyclic) bond motifs is 9. The van der Waals surface area contributed by atoms with Gasteiger partial charge in [0.2, 0.25) is 0 Å². The van der Waals surface area contributed by atoms with Crippen LogP contribution < -0.4 is 4.74 Å². The minimum Gasteiger partial charge on any atom is -0.434 e. The van der Waals surface area contributed by atoms with Crippen LogP contribution in [0.25, 0.3) is 11.0 Å². The van der Waals surface area contributed by atoms with E-state index in [1.165, 1.54) is 24.3 Å². The predicted molar refractivity (Wildman–Crippen MR) is 95.4 cm³/mol. The van der Waals surface area contributed by atoms with E-state index in [0.29, 0.717) is 5.52 Å². The molecule has 0 radical (unpaired) electrons. The molecule has 2 aliphatic heterocycles. The Morgan fingerprint density at radius 1 is 1.36 bits per heavy atom. The number of amides is 1. The molecule has 2 bridgehead atoms. The maximum Gasteiger partial charge on any atom is 0.387 e. The number of carbonyl (C=O) groups excluding carboxylic acids is 1. The third kappa shape index (κ3) is 2.27. The quantitative estimate of drug-likeness (QED) is 0.622. The number of hydrogen-bond acceptors (Lipinski definition) is 3. The molecule has 0 saturated heterocycles. The Morgan fingerprint density at radius 3 is 2.93 bits per heavy atom. The second-order valence-electron chi connectivity index (χ2n) is 6.63. The highest BCUT2D eigenvalue weighted by atomic mass is 35.5. The summed E-state index contributed by atoms with van der Waals surface area (Å²) in [6.45, 7) is -5.98. The first-order valence-corrected chi connectivity index (χ1v) is 8.74. The molecule has 5 rings (SSSR count). The molecule has 144 valence electrons. The van der Waals surface area contributed by atoms with Gasteiger partial charge in [-0.1, -0.05) is 17.7 Å². The Labute approximate surface area is 166 Å². The van der Waals surface area contributed by atoms with Crippen molar-refractivity contribution in [2.75, 3.05) is 6.98 Å². The van der Waals surface area contributed by atoms with Crippen LogP contribution in [0.2, 0.25) is 5.02 Å². The van der Waals surface area contributed by atoms with Crippen LogP contribution in [0.5, 0.6) is 5.75 Å². The van der Waals surface area contributed by atoms with Gasteiger partial charge in [0.15, 0.2) is 0 Å². The van der Waals surface area contributed by atoms with E-state index in [2.05, 4.69) is 9.72 Å². The fourth-order valence-corrected chi connectivity index (χ4v) is 4.26. The number of halogens is 4. The lowest BCUT2D eigenvalue weighted by Gasteiger charge is -2.24. The smallest absolute Gasteiger partial charge is 0.387 e. The van der Waals surface area contributed by atoms with Gasteiger partial charge in [0.25, 0.3) is 5.91 Å². The third-order valence-electron chi connectivity index (χ3n) is 5.19. The molecule has 1 amide bonds. The maximum atomic E-state index is 14.0. The van der Waals surface area contributed by atoms with Crippen molar-refractivity contribution in [1.82, 2.24) is 14.5 Å². The largest absolute Gasteiger partial charge is 0.434 e. The molecule has 0 saturated carbocycles. The van der Waals surface area contributed by atoms with Gasteiger partial charge in [0.05, 0.1) is 28.1 Å². The number of hydrogen-bond donors (Lipinski definition) is 0. The summed E-state index contributed by atoms with van der Waals surface area (Å²) in [7, 11) is 0. The van der Waals surface area contributed by atoms with Crippen molar-refractivity contribution in [3.8, 4) is 5.75 Å². The van der Waals surface area contributed by atoms with Crippen LogP contribution in [-0.4, -0.2) is 33.9 Å². The standard InChI is InChI=1S/C19H13ClF3N3O2/c1-25-14-7-13(16-8(18(25)27)3-2-4-15(16)28-19(22)23)26-12-5-9(20)10(21)6-11(12)24-17(14)26/h2-6,13-14,19H,7H2,1H3/t13-,14-/m1/s1/i1D3. The number of ether oxygens (including phenoxy) is 1. The molecule has 0 N–H and O–H groups in total. The Morgan fingerprint density at radius 2 is 2.18 bits per heavy atom. The van der Waals surface area contributed by atoms with Crippen molar-refractivity contribution in [1.29, 1.82) is 0 Å². The van der Waals surface area contributed by atoms with Crippen LogP contribution >= 0.6 is 11.6 Å². The van der Waals surface area contributed by atoms with E-state index < -0.39 is 37.4 Å². The zero-order valence-corrected chi connectivity index (χ0v) is 14.8. The van der Waals surface area contributed by atoms with Gasteiger partial charge < -0.3 is 14.2 Å². The van der Waals surface area contributed by atoms with Crippen LogP contribution in [0.3, 0.4) is 0 Å². The van der Waals surface area contributed by atoms with Gasteiger partial charge in [-0.15, -0.1) is 0 Å². The molecular weight excluding hydrogens is 395 g/mol. The molecule has 0 spiro atoms. The molecule has 1 aromatic heterocycles. The average molecular weight is 411 g/mol. The SMILES string of the molecule is [2H]C([2H])([2H])N1C(=O)c2cccc(OC(F)F)c2[C@H]2C[C@@H]1c1nc3cc(F)c(Cl)cc3n12. The van der Waals surface area contributed by atoms with Gasteiger partial charge in [-0.25, -0.2) is 9.37 Å². The van der Waals surface area contributed by atoms with E-state index in [9.17, 15) is 18.0 Å². The molecule has 0 unspecified atom stereocenters. The molecular formula is C19H13ClF3N3O2. The maximum absolute atomic E-state index is 14.0. The monoisotopic (exact) mass is 410 g/mol. The van der Waals surface area contributed by atoms with Gasteiger partial charge in [-0.3, -0.25) is 4.79 Å². The summed E-state index contributed by atoms with van der Waals surface area (Å²) in [5.74, 6) is -1.58. The molecule has 28 heavy (non-hydrogen) atoms. The molecule has 3 aromatic rings. The summed E-state index contributed by atoms with van der Waals surface area (Å²) in [6, 6.07) is 4.75. The van der Waals surface area contributed by atoms with Gasteiger partial charge in [0.1, 0.15) is 17.4 Å². The zero-order valence-electron chi connectivity index (χ0n) is 17.0. The zero-order chi connectivity index (χ0) is 22.2. The lowest BCUT2D eigenvalue weighted by molar-refractivity contribution is -0.0507. The summed E-state index contributed by atoms with van der Waals surface area (Å²) < 4.78 is 70.3. The van der Waals surface area contributed by atoms with Crippen molar-refractivity contribution in [3.63, 3.8) is 0 Å². The van der Waals surface area contributed by atoms with Crippen molar-refractivity contribution in [2.24, 2.45) is 0 Å². The van der Waals surface area contributed by atoms with E-state index >= 15 is 0 Å². The molecule has 2 aromatic carbocycles. The highest BCUT2D eigenvalue weighted by Gasteiger charge is 2.45. The second kappa shape index (κ2) is 5.88. The summed E-state index contributed by atoms with van der Waals surface area (Å²) in [4.78, 5) is 18.3. The van der Waals surface area contributed by atoms with Crippen molar-refractivity contribution in [3.05, 3.63) is 58.1 Å². The predicted octanol–water partition coefficient (Wildman–Crippen LogP) is 4.55. The summed E-state index contributed by atoms with van der Waals surface area (Å²) in [6.07, 6.45) is 0.0774. The van der Waals surface area contributed by atoms with E-state index in [4.69, 9.17) is 15.7 Å². The highest BCUT2D eigenvalue weighted by Crippen LogP contribution is 2.50. The van der Waals surface area contributed by atoms with Gasteiger partial charge >= 0.3 is 6.61 Å². The minimum absolute atomic E-state index is 0.0533. The van der Waals surface area contributed by atoms with E-state index in [1.54, 1.807) is 4.57 Å². The molecule has 0 fully saturated rings. The summed E-state index contributed by atoms with van der Waals surface area (Å²) in [5, 5.41) is -0.171. The van der Waals surface area contributed by atoms with E-state index in [0.717, 1.165) is 11.0 Å². The van der Waals surface area contributed by atoms with E-state index in [1.807, 2.05) is 0 Å². The topological polar surface area (TPSA) is 47.4 Å². The number of carbonyl (C=O) groups is 1. The van der Waals surface area contributed by atoms with Crippen LogP contribution in [0.1, 0.15) is 44.4 Å². The molecule has 0 aliphatic carbocycles. The highest BCUT2D eigenvalue weighted by molar-refractivity contribution is 6.31. The number of rotatable bonds is 2. The van der Waals surface area contributed by atoms with Gasteiger partial charge in [-0.2, -0.15) is 8.78 Å². The number of alkyl halides is 2. The Hall–Kier alpha value is -2.74. The first-order chi connectivity index (χ1) is 14.6. The van der Waals surface area contributed by atoms with Crippen LogP contribution in [0.4, 0.5) is 13.2 Å². The van der Waals surface area contributed by atoms with Gasteiger partial charge in [-0.05, 0) is 18.2 Å². The lowest BCUT2D eigenvalue weighted by Crippen LogP contribution is -2.30. The molecule has 2 aliphatic rings. The Bertz CT molecular complexity index is 1250. The van der Waals surface area contributed by atoms with Crippen molar-refractivity contribution < 1.29 is 26.8 Å². The Kier molecular flexibility index (Phi) is 3.00. The molecule has 3 heterocycles. The first kappa shape index (κ1) is 14.3.